The Labute approximate surface area is 230 Å². The fourth-order valence-corrected chi connectivity index (χ4v) is 20.3. The quantitative estimate of drug-likeness (QED) is 0.217. The van der Waals surface area contributed by atoms with E-state index < -0.39 is 28.7 Å². The maximum absolute atomic E-state index is 2.51. The van der Waals surface area contributed by atoms with Gasteiger partial charge in [-0.2, -0.15) is 0 Å². The van der Waals surface area contributed by atoms with Crippen LogP contribution < -0.4 is 13.2 Å². The van der Waals surface area contributed by atoms with Crippen molar-refractivity contribution in [3.63, 3.8) is 0 Å². The molecule has 1 aliphatic rings. The molecule has 190 valence electrons. The average Bonchev–Trinajstić information content (AvgIpc) is 3.04. The van der Waals surface area contributed by atoms with Gasteiger partial charge < -0.3 is 0 Å². The Morgan fingerprint density at radius 3 is 1.06 bits per heavy atom. The van der Waals surface area contributed by atoms with Crippen molar-refractivity contribution in [2.45, 2.75) is 92.4 Å². The summed E-state index contributed by atoms with van der Waals surface area (Å²) in [5, 5.41) is 2.85. The fourth-order valence-electron chi connectivity index (χ4n) is 6.59. The summed E-state index contributed by atoms with van der Waals surface area (Å²) < 4.78 is 5.08. The summed E-state index contributed by atoms with van der Waals surface area (Å²) in [6.45, 7) is 25.0. The van der Waals surface area contributed by atoms with E-state index in [0.29, 0.717) is 0 Å². The standard InChI is InChI=1S/C19H25Ge.C15H21Ge/c1-12-8-14(3)18(15(4)9-12)20(7)19-16(5)10-13(2)11-17(19)6;1-10-6-11(2)15(12(3)7-10)16-8-13(4)14(5)9-16/h8-11H,1-7H3;6-7H,8-9H2,1-5H3. The summed E-state index contributed by atoms with van der Waals surface area (Å²) in [5.74, 6) is 2.51. The third-order valence-electron chi connectivity index (χ3n) is 7.82. The van der Waals surface area contributed by atoms with E-state index in [1.54, 1.807) is 35.5 Å². The predicted octanol–water partition coefficient (Wildman–Crippen LogP) is 7.44. The van der Waals surface area contributed by atoms with Crippen LogP contribution in [0.5, 0.6) is 0 Å². The van der Waals surface area contributed by atoms with Gasteiger partial charge in [-0.05, 0) is 0 Å². The molecule has 0 saturated heterocycles. The first-order chi connectivity index (χ1) is 16.8. The van der Waals surface area contributed by atoms with Crippen LogP contribution in [-0.2, 0) is 0 Å². The first kappa shape index (κ1) is 29.0. The number of allylic oxidation sites excluding steroid dienone is 2. The molecular weight excluding hydrogens is 554 g/mol. The summed E-state index contributed by atoms with van der Waals surface area (Å²) in [4.78, 5) is 0. The van der Waals surface area contributed by atoms with E-state index in [1.807, 2.05) is 0 Å². The average molecular weight is 600 g/mol. The SMILES string of the molecule is CC1=C(C)[CH2][Ge]([c]2c(C)cc(C)cc2C)[CH2]1.Cc1cc(C)[c]([Ge]([CH3])[c]2c(C)cc(C)cc2C)c(C)c1. The first-order valence-corrected chi connectivity index (χ1v) is 21.6. The van der Waals surface area contributed by atoms with Crippen molar-refractivity contribution < 1.29 is 0 Å². The Morgan fingerprint density at radius 1 is 0.472 bits per heavy atom. The van der Waals surface area contributed by atoms with Gasteiger partial charge in [0, 0.05) is 0 Å². The summed E-state index contributed by atoms with van der Waals surface area (Å²) in [5.41, 5.74) is 16.6. The molecule has 0 bridgehead atoms. The van der Waals surface area contributed by atoms with Crippen LogP contribution >= 0.6 is 0 Å². The van der Waals surface area contributed by atoms with E-state index in [9.17, 15) is 0 Å². The van der Waals surface area contributed by atoms with Crippen LogP contribution in [-0.4, -0.2) is 28.7 Å². The zero-order chi connectivity index (χ0) is 26.9. The van der Waals surface area contributed by atoms with Crippen LogP contribution in [0.1, 0.15) is 63.9 Å². The summed E-state index contributed by atoms with van der Waals surface area (Å²) in [6, 6.07) is 14.1. The Hall–Kier alpha value is -1.51. The second-order valence-corrected chi connectivity index (χ2v) is 21.2. The molecule has 1 aliphatic heterocycles. The van der Waals surface area contributed by atoms with Crippen molar-refractivity contribution in [2.75, 3.05) is 0 Å². The molecule has 2 radical (unpaired) electrons. The Bertz CT molecular complexity index is 1170. The van der Waals surface area contributed by atoms with Gasteiger partial charge in [0.2, 0.25) is 0 Å². The molecule has 3 aromatic carbocycles. The molecule has 0 aromatic heterocycles. The van der Waals surface area contributed by atoms with Gasteiger partial charge in [-0.15, -0.1) is 0 Å². The van der Waals surface area contributed by atoms with Crippen molar-refractivity contribution in [2.24, 2.45) is 0 Å². The molecule has 0 amide bonds. The van der Waals surface area contributed by atoms with Gasteiger partial charge in [0.05, 0.1) is 0 Å². The molecule has 0 aliphatic carbocycles. The molecule has 4 rings (SSSR count). The first-order valence-electron chi connectivity index (χ1n) is 13.4. The van der Waals surface area contributed by atoms with Crippen molar-refractivity contribution in [3.8, 4) is 0 Å². The van der Waals surface area contributed by atoms with E-state index >= 15 is 0 Å². The van der Waals surface area contributed by atoms with Crippen LogP contribution in [0.25, 0.3) is 0 Å². The van der Waals surface area contributed by atoms with Gasteiger partial charge in [-0.3, -0.25) is 0 Å². The zero-order valence-corrected chi connectivity index (χ0v) is 29.1. The normalized spacial score (nSPS) is 13.9. The van der Waals surface area contributed by atoms with E-state index in [-0.39, 0.29) is 0 Å². The second kappa shape index (κ2) is 11.9. The Morgan fingerprint density at radius 2 is 0.750 bits per heavy atom. The van der Waals surface area contributed by atoms with Crippen LogP contribution in [0.4, 0.5) is 0 Å². The number of hydrogen-bond donors (Lipinski definition) is 0. The molecule has 0 N–H and O–H groups in total. The van der Waals surface area contributed by atoms with E-state index in [0.717, 1.165) is 0 Å². The number of hydrogen-bond acceptors (Lipinski definition) is 0. The van der Waals surface area contributed by atoms with Crippen LogP contribution in [0.2, 0.25) is 16.3 Å². The molecule has 0 fully saturated rings. The fraction of sp³-hybridized carbons (Fsp3) is 0.412. The van der Waals surface area contributed by atoms with Gasteiger partial charge in [0.15, 0.2) is 0 Å². The zero-order valence-electron chi connectivity index (χ0n) is 24.9. The number of rotatable bonds is 3. The van der Waals surface area contributed by atoms with Crippen molar-refractivity contribution in [1.29, 1.82) is 0 Å². The van der Waals surface area contributed by atoms with Gasteiger partial charge in [-0.1, -0.05) is 0 Å². The Balaban J connectivity index is 0.000000205. The molecule has 0 nitrogen and oxygen atoms in total. The summed E-state index contributed by atoms with van der Waals surface area (Å²) in [7, 11) is 0. The third kappa shape index (κ3) is 6.48. The van der Waals surface area contributed by atoms with Crippen LogP contribution in [0.3, 0.4) is 0 Å². The number of aryl methyl sites for hydroxylation is 9. The van der Waals surface area contributed by atoms with E-state index in [2.05, 4.69) is 118 Å². The van der Waals surface area contributed by atoms with Gasteiger partial charge in [-0.25, -0.2) is 0 Å². The molecule has 0 unspecified atom stereocenters. The van der Waals surface area contributed by atoms with Crippen LogP contribution in [0, 0.1) is 62.3 Å². The molecule has 0 spiro atoms. The molecule has 1 heterocycles. The van der Waals surface area contributed by atoms with Gasteiger partial charge in [0.1, 0.15) is 0 Å². The second-order valence-electron chi connectivity index (χ2n) is 11.5. The maximum atomic E-state index is 2.51. The number of benzene rings is 3. The molecule has 36 heavy (non-hydrogen) atoms. The van der Waals surface area contributed by atoms with Crippen molar-refractivity contribution in [3.05, 3.63) is 97.6 Å². The minimum absolute atomic E-state index is 1.02. The third-order valence-corrected chi connectivity index (χ3v) is 21.4. The van der Waals surface area contributed by atoms with Crippen LogP contribution in [0.15, 0.2) is 47.5 Å². The van der Waals surface area contributed by atoms with Crippen molar-refractivity contribution in [1.82, 2.24) is 0 Å². The topological polar surface area (TPSA) is 0 Å². The molecule has 2 heteroatoms. The van der Waals surface area contributed by atoms with Gasteiger partial charge in [0.25, 0.3) is 0 Å². The molecule has 0 atom stereocenters. The monoisotopic (exact) mass is 602 g/mol. The molecule has 3 aromatic rings. The van der Waals surface area contributed by atoms with Crippen molar-refractivity contribution >= 4 is 41.9 Å². The van der Waals surface area contributed by atoms with E-state index in [4.69, 9.17) is 0 Å². The summed E-state index contributed by atoms with van der Waals surface area (Å²) >= 11 is -2.45. The van der Waals surface area contributed by atoms with E-state index in [1.165, 1.54) is 49.5 Å². The van der Waals surface area contributed by atoms with Gasteiger partial charge >= 0.3 is 232 Å². The summed E-state index contributed by atoms with van der Waals surface area (Å²) in [6.07, 6.45) is 0. The Kier molecular flexibility index (Phi) is 9.60. The molecular formula is C34H46Ge2. The molecule has 0 saturated carbocycles. The minimum atomic E-state index is -1.43. The predicted molar refractivity (Wildman–Crippen MR) is 166 cm³/mol.